The zero-order valence-corrected chi connectivity index (χ0v) is 12.5. The maximum absolute atomic E-state index is 12.4. The van der Waals surface area contributed by atoms with Crippen LogP contribution in [0.2, 0.25) is 0 Å². The first-order valence-electron chi connectivity index (χ1n) is 7.36. The highest BCUT2D eigenvalue weighted by Gasteiger charge is 2.43. The molecule has 0 aliphatic carbocycles. The number of likely N-dealkylation sites (tertiary alicyclic amines) is 1. The van der Waals surface area contributed by atoms with Gasteiger partial charge in [0.1, 0.15) is 17.1 Å². The highest BCUT2D eigenvalue weighted by Crippen LogP contribution is 2.40. The molecule has 3 rings (SSSR count). The number of piperidine rings is 1. The molecule has 22 heavy (non-hydrogen) atoms. The van der Waals surface area contributed by atoms with Crippen molar-refractivity contribution in [3.8, 4) is 11.5 Å². The summed E-state index contributed by atoms with van der Waals surface area (Å²) in [5, 5.41) is 8.86. The first-order chi connectivity index (χ1) is 10.5. The van der Waals surface area contributed by atoms with Crippen molar-refractivity contribution in [2.24, 2.45) is 0 Å². The third-order valence-electron chi connectivity index (χ3n) is 4.42. The fraction of sp³-hybridized carbons (Fsp3) is 0.500. The van der Waals surface area contributed by atoms with E-state index in [0.29, 0.717) is 49.4 Å². The van der Waals surface area contributed by atoms with Crippen molar-refractivity contribution in [2.45, 2.75) is 24.9 Å². The van der Waals surface area contributed by atoms with Gasteiger partial charge in [0, 0.05) is 32.0 Å². The Hall–Kier alpha value is -2.08. The van der Waals surface area contributed by atoms with Crippen LogP contribution in [0.4, 0.5) is 0 Å². The summed E-state index contributed by atoms with van der Waals surface area (Å²) in [6, 6.07) is 5.24. The van der Waals surface area contributed by atoms with E-state index in [-0.39, 0.29) is 12.3 Å². The van der Waals surface area contributed by atoms with E-state index in [2.05, 4.69) is 0 Å². The van der Waals surface area contributed by atoms with Crippen LogP contribution in [0.5, 0.6) is 11.5 Å². The molecule has 1 aromatic rings. The van der Waals surface area contributed by atoms with E-state index in [1.165, 1.54) is 0 Å². The van der Waals surface area contributed by atoms with Gasteiger partial charge in [0.05, 0.1) is 25.6 Å². The number of carboxylic acids is 1. The summed E-state index contributed by atoms with van der Waals surface area (Å²) in [6.07, 6.45) is 1.67. The van der Waals surface area contributed by atoms with Crippen LogP contribution < -0.4 is 9.47 Å². The molecule has 6 nitrogen and oxygen atoms in total. The summed E-state index contributed by atoms with van der Waals surface area (Å²) >= 11 is 0. The van der Waals surface area contributed by atoms with Gasteiger partial charge in [-0.3, -0.25) is 14.5 Å². The number of hydrogen-bond acceptors (Lipinski definition) is 5. The summed E-state index contributed by atoms with van der Waals surface area (Å²) in [5.41, 5.74) is 0.0882. The summed E-state index contributed by atoms with van der Waals surface area (Å²) in [4.78, 5) is 25.0. The Balaban J connectivity index is 1.77. The van der Waals surface area contributed by atoms with Gasteiger partial charge in [-0.15, -0.1) is 0 Å². The van der Waals surface area contributed by atoms with E-state index in [0.717, 1.165) is 0 Å². The van der Waals surface area contributed by atoms with Gasteiger partial charge in [-0.05, 0) is 12.1 Å². The van der Waals surface area contributed by atoms with Crippen LogP contribution in [0.3, 0.4) is 0 Å². The largest absolute Gasteiger partial charge is 0.497 e. The van der Waals surface area contributed by atoms with Gasteiger partial charge >= 0.3 is 5.97 Å². The maximum atomic E-state index is 12.4. The molecule has 0 atom stereocenters. The van der Waals surface area contributed by atoms with Gasteiger partial charge in [-0.25, -0.2) is 0 Å². The Labute approximate surface area is 128 Å². The number of ketones is 1. The Morgan fingerprint density at radius 1 is 1.41 bits per heavy atom. The lowest BCUT2D eigenvalue weighted by atomic mass is 9.82. The van der Waals surface area contributed by atoms with Crippen LogP contribution in [0.1, 0.15) is 29.6 Å². The molecule has 2 aliphatic rings. The third-order valence-corrected chi connectivity index (χ3v) is 4.42. The summed E-state index contributed by atoms with van der Waals surface area (Å²) < 4.78 is 11.3. The third kappa shape index (κ3) is 2.78. The van der Waals surface area contributed by atoms with Crippen LogP contribution in [-0.2, 0) is 4.79 Å². The normalized spacial score (nSPS) is 20.3. The summed E-state index contributed by atoms with van der Waals surface area (Å²) in [6.45, 7) is 1.28. The number of fused-ring (bicyclic) bond motifs is 1. The topological polar surface area (TPSA) is 76.1 Å². The number of ether oxygens (including phenoxy) is 2. The number of carbonyl (C=O) groups is 2. The van der Waals surface area contributed by atoms with Crippen molar-refractivity contribution >= 4 is 11.8 Å². The monoisotopic (exact) mass is 305 g/mol. The lowest BCUT2D eigenvalue weighted by molar-refractivity contribution is -0.139. The number of carbonyl (C=O) groups excluding carboxylic acids is 1. The number of hydrogen-bond donors (Lipinski definition) is 1. The summed E-state index contributed by atoms with van der Waals surface area (Å²) in [5.74, 6) is 0.483. The van der Waals surface area contributed by atoms with Gasteiger partial charge in [0.25, 0.3) is 0 Å². The fourth-order valence-corrected chi connectivity index (χ4v) is 3.19. The quantitative estimate of drug-likeness (QED) is 0.913. The molecule has 2 aliphatic heterocycles. The molecule has 6 heteroatoms. The van der Waals surface area contributed by atoms with E-state index in [4.69, 9.17) is 14.6 Å². The number of carboxylic acid groups (broad SMARTS) is 1. The van der Waals surface area contributed by atoms with Crippen LogP contribution >= 0.6 is 0 Å². The van der Waals surface area contributed by atoms with Crippen LogP contribution in [0.25, 0.3) is 0 Å². The molecule has 0 saturated carbocycles. The van der Waals surface area contributed by atoms with Crippen molar-refractivity contribution in [1.29, 1.82) is 0 Å². The standard InChI is InChI=1S/C16H19NO5/c1-21-11-2-3-12-13(18)9-16(22-14(12)8-11)4-6-17(7-5-16)10-15(19)20/h2-3,8H,4-7,9-10H2,1H3,(H,19,20). The van der Waals surface area contributed by atoms with Crippen LogP contribution in [0, 0.1) is 0 Å². The number of rotatable bonds is 3. The number of Topliss-reactive ketones (excluding diaryl/α,β-unsaturated/α-hetero) is 1. The van der Waals surface area contributed by atoms with E-state index in [1.807, 2.05) is 4.90 Å². The second kappa shape index (κ2) is 5.61. The molecular weight excluding hydrogens is 286 g/mol. The molecule has 0 bridgehead atoms. The summed E-state index contributed by atoms with van der Waals surface area (Å²) in [7, 11) is 1.58. The lowest BCUT2D eigenvalue weighted by Gasteiger charge is -2.43. The van der Waals surface area contributed by atoms with Gasteiger partial charge < -0.3 is 14.6 Å². The molecular formula is C16H19NO5. The fourth-order valence-electron chi connectivity index (χ4n) is 3.19. The molecule has 1 N–H and O–H groups in total. The molecule has 1 spiro atoms. The molecule has 2 heterocycles. The van der Waals surface area contributed by atoms with Crippen molar-refractivity contribution in [2.75, 3.05) is 26.7 Å². The Bertz CT molecular complexity index is 605. The van der Waals surface area contributed by atoms with Crippen molar-refractivity contribution in [3.63, 3.8) is 0 Å². The molecule has 1 fully saturated rings. The minimum atomic E-state index is -0.827. The predicted molar refractivity (Wildman–Crippen MR) is 78.6 cm³/mol. The Morgan fingerprint density at radius 2 is 2.14 bits per heavy atom. The first kappa shape index (κ1) is 14.8. The van der Waals surface area contributed by atoms with Crippen molar-refractivity contribution in [3.05, 3.63) is 23.8 Å². The average Bonchev–Trinajstić information content (AvgIpc) is 2.49. The van der Waals surface area contributed by atoms with Crippen molar-refractivity contribution < 1.29 is 24.2 Å². The first-order valence-corrected chi connectivity index (χ1v) is 7.36. The molecule has 1 aromatic carbocycles. The van der Waals surface area contributed by atoms with Gasteiger partial charge in [0.2, 0.25) is 0 Å². The lowest BCUT2D eigenvalue weighted by Crippen LogP contribution is -2.51. The number of benzene rings is 1. The van der Waals surface area contributed by atoms with E-state index in [1.54, 1.807) is 25.3 Å². The minimum Gasteiger partial charge on any atom is -0.497 e. The molecule has 0 aromatic heterocycles. The minimum absolute atomic E-state index is 0.0361. The molecule has 1 saturated heterocycles. The zero-order chi connectivity index (χ0) is 15.7. The van der Waals surface area contributed by atoms with E-state index in [9.17, 15) is 9.59 Å². The van der Waals surface area contributed by atoms with Crippen LogP contribution in [0.15, 0.2) is 18.2 Å². The second-order valence-electron chi connectivity index (χ2n) is 5.92. The van der Waals surface area contributed by atoms with Gasteiger partial charge in [0.15, 0.2) is 5.78 Å². The smallest absolute Gasteiger partial charge is 0.317 e. The maximum Gasteiger partial charge on any atom is 0.317 e. The highest BCUT2D eigenvalue weighted by atomic mass is 16.5. The van der Waals surface area contributed by atoms with E-state index < -0.39 is 11.6 Å². The molecule has 0 unspecified atom stereocenters. The number of aliphatic carboxylic acids is 1. The van der Waals surface area contributed by atoms with Crippen molar-refractivity contribution in [1.82, 2.24) is 4.90 Å². The Kier molecular flexibility index (Phi) is 3.78. The highest BCUT2D eigenvalue weighted by molar-refractivity contribution is 6.00. The van der Waals surface area contributed by atoms with Gasteiger partial charge in [-0.2, -0.15) is 0 Å². The number of methoxy groups -OCH3 is 1. The van der Waals surface area contributed by atoms with Crippen LogP contribution in [-0.4, -0.2) is 54.1 Å². The molecule has 0 amide bonds. The van der Waals surface area contributed by atoms with E-state index >= 15 is 0 Å². The Morgan fingerprint density at radius 3 is 2.77 bits per heavy atom. The van der Waals surface area contributed by atoms with Gasteiger partial charge in [-0.1, -0.05) is 0 Å². The molecule has 118 valence electrons. The average molecular weight is 305 g/mol. The zero-order valence-electron chi connectivity index (χ0n) is 12.5. The molecule has 0 radical (unpaired) electrons. The predicted octanol–water partition coefficient (Wildman–Crippen LogP) is 1.58. The SMILES string of the molecule is COc1ccc2c(c1)OC1(CCN(CC(=O)O)CC1)CC2=O. The number of nitrogens with zero attached hydrogens (tertiary/aromatic N) is 1. The second-order valence-corrected chi connectivity index (χ2v) is 5.92.